The van der Waals surface area contributed by atoms with E-state index in [0.717, 1.165) is 6.42 Å². The molecule has 0 saturated heterocycles. The molecule has 1 aromatic heterocycles. The average molecular weight is 299 g/mol. The molecule has 0 unspecified atom stereocenters. The van der Waals surface area contributed by atoms with Crippen LogP contribution in [0.5, 0.6) is 0 Å². The second kappa shape index (κ2) is 5.59. The summed E-state index contributed by atoms with van der Waals surface area (Å²) in [5.41, 5.74) is 4.77. The number of rotatable bonds is 3. The lowest BCUT2D eigenvalue weighted by molar-refractivity contribution is 0.639. The average Bonchev–Trinajstić information content (AvgIpc) is 2.80. The van der Waals surface area contributed by atoms with Crippen LogP contribution in [-0.4, -0.2) is 8.07 Å². The molecule has 0 aliphatic heterocycles. The van der Waals surface area contributed by atoms with Crippen LogP contribution in [0.4, 0.5) is 0 Å². The van der Waals surface area contributed by atoms with E-state index in [1.807, 2.05) is 17.4 Å². The lowest BCUT2D eigenvalue weighted by atomic mass is 9.80. The van der Waals surface area contributed by atoms with Gasteiger partial charge in [-0.1, -0.05) is 49.8 Å². The quantitative estimate of drug-likeness (QED) is 0.392. The molecule has 0 N–H and O–H groups in total. The van der Waals surface area contributed by atoms with Crippen molar-refractivity contribution in [3.05, 3.63) is 47.9 Å². The largest absolute Gasteiger partial charge is 0.143 e. The van der Waals surface area contributed by atoms with E-state index in [1.165, 1.54) is 15.6 Å². The molecule has 1 heterocycles. The van der Waals surface area contributed by atoms with Gasteiger partial charge in [-0.05, 0) is 35.7 Å². The fourth-order valence-corrected chi connectivity index (χ4v) is 3.99. The topological polar surface area (TPSA) is 0 Å². The molecule has 0 nitrogen and oxygen atoms in total. The maximum absolute atomic E-state index is 3.93. The van der Waals surface area contributed by atoms with Gasteiger partial charge in [0.25, 0.3) is 0 Å². The van der Waals surface area contributed by atoms with E-state index < -0.39 is 8.07 Å². The monoisotopic (exact) mass is 298 g/mol. The van der Waals surface area contributed by atoms with Crippen LogP contribution in [0.25, 0.3) is 10.1 Å². The summed E-state index contributed by atoms with van der Waals surface area (Å²) >= 11 is 1.81. The first-order chi connectivity index (χ1) is 9.36. The molecular weight excluding hydrogens is 276 g/mol. The summed E-state index contributed by atoms with van der Waals surface area (Å²) in [6.45, 7) is 13.0. The van der Waals surface area contributed by atoms with Gasteiger partial charge in [0.1, 0.15) is 8.07 Å². The number of fused-ring (bicyclic) bond motifs is 1. The molecule has 0 bridgehead atoms. The summed E-state index contributed by atoms with van der Waals surface area (Å²) < 4.78 is 1.34. The highest BCUT2D eigenvalue weighted by Crippen LogP contribution is 2.37. The van der Waals surface area contributed by atoms with Crippen molar-refractivity contribution in [1.29, 1.82) is 0 Å². The smallest absolute Gasteiger partial charge is 0.129 e. The third-order valence-corrected chi connectivity index (χ3v) is 5.18. The van der Waals surface area contributed by atoms with Gasteiger partial charge in [0.2, 0.25) is 0 Å². The van der Waals surface area contributed by atoms with E-state index in [-0.39, 0.29) is 5.41 Å². The Kier molecular flexibility index (Phi) is 4.22. The minimum Gasteiger partial charge on any atom is -0.143 e. The maximum Gasteiger partial charge on any atom is 0.129 e. The number of benzene rings is 1. The predicted octanol–water partition coefficient (Wildman–Crippen LogP) is 5.62. The summed E-state index contributed by atoms with van der Waals surface area (Å²) in [7, 11) is -1.37. The zero-order chi connectivity index (χ0) is 14.8. The van der Waals surface area contributed by atoms with E-state index in [2.05, 4.69) is 74.3 Å². The van der Waals surface area contributed by atoms with E-state index >= 15 is 0 Å². The third-order valence-electron chi connectivity index (χ3n) is 3.34. The molecule has 0 spiro atoms. The Morgan fingerprint density at radius 1 is 1.30 bits per heavy atom. The van der Waals surface area contributed by atoms with Gasteiger partial charge in [-0.2, -0.15) is 0 Å². The highest BCUT2D eigenvalue weighted by molar-refractivity contribution is 7.17. The molecule has 0 aliphatic rings. The van der Waals surface area contributed by atoms with Crippen molar-refractivity contribution in [3.8, 4) is 11.5 Å². The second-order valence-electron chi connectivity index (χ2n) is 6.47. The van der Waals surface area contributed by atoms with Crippen molar-refractivity contribution in [2.45, 2.75) is 38.4 Å². The van der Waals surface area contributed by atoms with Crippen LogP contribution in [0.15, 0.2) is 42.3 Å². The molecule has 20 heavy (non-hydrogen) atoms. The van der Waals surface area contributed by atoms with Gasteiger partial charge in [0, 0.05) is 4.70 Å². The standard InChI is InChI=1S/C18H22SSi/c1-6-11-18(2,12-13-20(3,4)5)16-14-19-17-10-8-7-9-15(16)17/h6-10,14H,1,11H2,2-5H3/t18-/m1/s1. The lowest BCUT2D eigenvalue weighted by Gasteiger charge is -2.23. The van der Waals surface area contributed by atoms with E-state index in [4.69, 9.17) is 0 Å². The first kappa shape index (κ1) is 15.1. The zero-order valence-electron chi connectivity index (χ0n) is 12.8. The van der Waals surface area contributed by atoms with Crippen LogP contribution in [0.1, 0.15) is 18.9 Å². The van der Waals surface area contributed by atoms with Crippen molar-refractivity contribution in [2.75, 3.05) is 0 Å². The highest BCUT2D eigenvalue weighted by atomic mass is 32.1. The number of thiophene rings is 1. The molecule has 1 atom stereocenters. The van der Waals surface area contributed by atoms with Gasteiger partial charge in [-0.3, -0.25) is 0 Å². The van der Waals surface area contributed by atoms with Crippen molar-refractivity contribution in [3.63, 3.8) is 0 Å². The molecule has 2 rings (SSSR count). The zero-order valence-corrected chi connectivity index (χ0v) is 14.6. The Morgan fingerprint density at radius 3 is 2.65 bits per heavy atom. The van der Waals surface area contributed by atoms with E-state index in [0.29, 0.717) is 0 Å². The molecule has 0 amide bonds. The molecule has 0 aliphatic carbocycles. The Hall–Kier alpha value is -1.30. The number of allylic oxidation sites excluding steroid dienone is 1. The molecule has 0 saturated carbocycles. The van der Waals surface area contributed by atoms with E-state index in [9.17, 15) is 0 Å². The fraction of sp³-hybridized carbons (Fsp3) is 0.333. The van der Waals surface area contributed by atoms with Gasteiger partial charge in [0.15, 0.2) is 0 Å². The van der Waals surface area contributed by atoms with Crippen LogP contribution in [0, 0.1) is 11.5 Å². The number of hydrogen-bond donors (Lipinski definition) is 0. The van der Waals surface area contributed by atoms with Crippen LogP contribution in [0.2, 0.25) is 19.6 Å². The second-order valence-corrected chi connectivity index (χ2v) is 12.1. The summed E-state index contributed by atoms with van der Waals surface area (Å²) in [6.07, 6.45) is 2.89. The van der Waals surface area contributed by atoms with Crippen LogP contribution < -0.4 is 0 Å². The Labute approximate surface area is 127 Å². The first-order valence-electron chi connectivity index (χ1n) is 6.98. The molecule has 0 radical (unpaired) electrons. The third kappa shape index (κ3) is 3.23. The Bertz CT molecular complexity index is 678. The van der Waals surface area contributed by atoms with Gasteiger partial charge < -0.3 is 0 Å². The molecule has 2 aromatic rings. The molecule has 2 heteroatoms. The summed E-state index contributed by atoms with van der Waals surface area (Å²) in [5.74, 6) is 3.58. The molecule has 1 aromatic carbocycles. The van der Waals surface area contributed by atoms with Gasteiger partial charge >= 0.3 is 0 Å². The lowest BCUT2D eigenvalue weighted by Crippen LogP contribution is -2.22. The highest BCUT2D eigenvalue weighted by Gasteiger charge is 2.26. The van der Waals surface area contributed by atoms with Gasteiger partial charge in [-0.15, -0.1) is 23.5 Å². The van der Waals surface area contributed by atoms with Crippen LogP contribution in [-0.2, 0) is 5.41 Å². The minimum absolute atomic E-state index is 0.123. The summed E-state index contributed by atoms with van der Waals surface area (Å²) in [4.78, 5) is 0. The van der Waals surface area contributed by atoms with Crippen LogP contribution >= 0.6 is 11.3 Å². The minimum atomic E-state index is -1.37. The fourth-order valence-electron chi connectivity index (χ4n) is 2.25. The SMILES string of the molecule is C=CC[C@](C)(C#C[Si](C)(C)C)c1csc2ccccc12. The molecule has 104 valence electrons. The van der Waals surface area contributed by atoms with E-state index in [1.54, 1.807) is 0 Å². The Morgan fingerprint density at radius 2 is 2.00 bits per heavy atom. The van der Waals surface area contributed by atoms with Gasteiger partial charge in [-0.25, -0.2) is 0 Å². The summed E-state index contributed by atoms with van der Waals surface area (Å²) in [5, 5.41) is 3.61. The maximum atomic E-state index is 3.93. The van der Waals surface area contributed by atoms with Crippen molar-refractivity contribution < 1.29 is 0 Å². The first-order valence-corrected chi connectivity index (χ1v) is 11.4. The van der Waals surface area contributed by atoms with Crippen LogP contribution in [0.3, 0.4) is 0 Å². The van der Waals surface area contributed by atoms with Crippen molar-refractivity contribution >= 4 is 29.5 Å². The molecule has 0 fully saturated rings. The molecular formula is C18H22SSi. The van der Waals surface area contributed by atoms with Crippen molar-refractivity contribution in [1.82, 2.24) is 0 Å². The normalized spacial score (nSPS) is 14.4. The summed E-state index contributed by atoms with van der Waals surface area (Å²) in [6, 6.07) is 8.60. The van der Waals surface area contributed by atoms with Crippen molar-refractivity contribution in [2.24, 2.45) is 0 Å². The van der Waals surface area contributed by atoms with Gasteiger partial charge in [0.05, 0.1) is 5.41 Å². The Balaban J connectivity index is 2.57. The predicted molar refractivity (Wildman–Crippen MR) is 95.1 cm³/mol. The number of hydrogen-bond acceptors (Lipinski definition) is 1.